The van der Waals surface area contributed by atoms with E-state index in [1.54, 1.807) is 0 Å². The molecule has 1 N–H and O–H groups in total. The van der Waals surface area contributed by atoms with E-state index in [0.717, 1.165) is 35.9 Å². The molecular weight excluding hydrogens is 486 g/mol. The number of sulfonamides is 1. The van der Waals surface area contributed by atoms with Crippen molar-refractivity contribution in [3.63, 3.8) is 0 Å². The molecule has 0 unspecified atom stereocenters. The third kappa shape index (κ3) is 5.52. The van der Waals surface area contributed by atoms with Gasteiger partial charge in [0, 0.05) is 13.1 Å². The van der Waals surface area contributed by atoms with E-state index in [9.17, 15) is 18.0 Å². The largest absolute Gasteiger partial charge is 0.452 e. The van der Waals surface area contributed by atoms with E-state index in [1.807, 2.05) is 24.3 Å². The number of hydrogen-bond donors (Lipinski definition) is 1. The summed E-state index contributed by atoms with van der Waals surface area (Å²) in [6.07, 6.45) is 3.51. The minimum absolute atomic E-state index is 0.000541. The number of carbonyl (C=O) groups is 2. The maximum absolute atomic E-state index is 13.1. The minimum atomic E-state index is -3.85. The zero-order chi connectivity index (χ0) is 23.4. The number of anilines is 1. The lowest BCUT2D eigenvalue weighted by Crippen LogP contribution is -2.32. The van der Waals surface area contributed by atoms with Gasteiger partial charge in [-0.1, -0.05) is 47.9 Å². The zero-order valence-electron chi connectivity index (χ0n) is 17.6. The average molecular weight is 508 g/mol. The molecule has 2 heterocycles. The SMILES string of the molecule is O=C(COC(=O)c1ccc(Cl)c(S(=O)(=O)N2CCCCCC2)c1)Nc1nc2ccccc2s1. The number of para-hydroxylation sites is 1. The Hall–Kier alpha value is -2.53. The summed E-state index contributed by atoms with van der Waals surface area (Å²) in [4.78, 5) is 28.9. The van der Waals surface area contributed by atoms with Crippen LogP contribution in [-0.2, 0) is 19.6 Å². The molecule has 8 nitrogen and oxygen atoms in total. The van der Waals surface area contributed by atoms with Gasteiger partial charge in [0.2, 0.25) is 10.0 Å². The quantitative estimate of drug-likeness (QED) is 0.498. The molecule has 2 aromatic carbocycles. The van der Waals surface area contributed by atoms with Crippen molar-refractivity contribution in [3.05, 3.63) is 53.1 Å². The van der Waals surface area contributed by atoms with Gasteiger partial charge in [-0.15, -0.1) is 0 Å². The summed E-state index contributed by atoms with van der Waals surface area (Å²) < 4.78 is 33.6. The molecule has 33 heavy (non-hydrogen) atoms. The van der Waals surface area contributed by atoms with Crippen molar-refractivity contribution in [1.82, 2.24) is 9.29 Å². The molecule has 1 aromatic heterocycles. The summed E-state index contributed by atoms with van der Waals surface area (Å²) in [7, 11) is -3.85. The molecule has 174 valence electrons. The summed E-state index contributed by atoms with van der Waals surface area (Å²) >= 11 is 7.48. The van der Waals surface area contributed by atoms with Crippen LogP contribution in [0.4, 0.5) is 5.13 Å². The first-order valence-electron chi connectivity index (χ1n) is 10.5. The highest BCUT2D eigenvalue weighted by Crippen LogP contribution is 2.28. The fourth-order valence-electron chi connectivity index (χ4n) is 3.54. The minimum Gasteiger partial charge on any atom is -0.452 e. The van der Waals surface area contributed by atoms with Crippen LogP contribution >= 0.6 is 22.9 Å². The first-order valence-corrected chi connectivity index (χ1v) is 13.1. The number of benzene rings is 2. The van der Waals surface area contributed by atoms with Crippen molar-refractivity contribution >= 4 is 60.2 Å². The summed E-state index contributed by atoms with van der Waals surface area (Å²) in [5.41, 5.74) is 0.759. The molecule has 1 aliphatic heterocycles. The Morgan fingerprint density at radius 1 is 1.09 bits per heavy atom. The van der Waals surface area contributed by atoms with Crippen LogP contribution in [0, 0.1) is 0 Å². The van der Waals surface area contributed by atoms with E-state index in [0.29, 0.717) is 18.2 Å². The molecule has 1 saturated heterocycles. The summed E-state index contributed by atoms with van der Waals surface area (Å²) in [5.74, 6) is -1.37. The number of nitrogens with zero attached hydrogens (tertiary/aromatic N) is 2. The number of aromatic nitrogens is 1. The monoisotopic (exact) mass is 507 g/mol. The fourth-order valence-corrected chi connectivity index (χ4v) is 6.44. The molecule has 0 atom stereocenters. The molecule has 3 aromatic rings. The highest BCUT2D eigenvalue weighted by molar-refractivity contribution is 7.89. The number of thiazole rings is 1. The van der Waals surface area contributed by atoms with E-state index in [-0.39, 0.29) is 15.5 Å². The molecular formula is C22H22ClN3O5S2. The Morgan fingerprint density at radius 3 is 2.55 bits per heavy atom. The third-order valence-corrected chi connectivity index (χ3v) is 8.56. The van der Waals surface area contributed by atoms with Gasteiger partial charge >= 0.3 is 5.97 Å². The van der Waals surface area contributed by atoms with Crippen LogP contribution in [0.3, 0.4) is 0 Å². The zero-order valence-corrected chi connectivity index (χ0v) is 20.0. The van der Waals surface area contributed by atoms with Gasteiger partial charge in [-0.2, -0.15) is 4.31 Å². The van der Waals surface area contributed by atoms with Gasteiger partial charge in [0.15, 0.2) is 11.7 Å². The number of amides is 1. The third-order valence-electron chi connectivity index (χ3n) is 5.22. The van der Waals surface area contributed by atoms with Gasteiger partial charge in [0.25, 0.3) is 5.91 Å². The Kier molecular flexibility index (Phi) is 7.28. The normalized spacial score (nSPS) is 15.2. The van der Waals surface area contributed by atoms with Gasteiger partial charge in [-0.05, 0) is 43.2 Å². The van der Waals surface area contributed by atoms with E-state index < -0.39 is 28.5 Å². The van der Waals surface area contributed by atoms with Crippen molar-refractivity contribution in [2.24, 2.45) is 0 Å². The predicted octanol–water partition coefficient (Wildman–Crippen LogP) is 4.31. The number of carbonyl (C=O) groups excluding carboxylic acids is 2. The Balaban J connectivity index is 1.42. The van der Waals surface area contributed by atoms with Crippen molar-refractivity contribution in [1.29, 1.82) is 0 Å². The van der Waals surface area contributed by atoms with Gasteiger partial charge < -0.3 is 4.74 Å². The number of ether oxygens (including phenoxy) is 1. The average Bonchev–Trinajstić information content (AvgIpc) is 3.00. The van der Waals surface area contributed by atoms with E-state index in [1.165, 1.54) is 33.8 Å². The van der Waals surface area contributed by atoms with Gasteiger partial charge in [-0.3, -0.25) is 10.1 Å². The van der Waals surface area contributed by atoms with Crippen molar-refractivity contribution in [2.75, 3.05) is 25.0 Å². The first kappa shape index (κ1) is 23.6. The van der Waals surface area contributed by atoms with E-state index in [4.69, 9.17) is 16.3 Å². The van der Waals surface area contributed by atoms with Crippen LogP contribution in [0.2, 0.25) is 5.02 Å². The molecule has 0 aliphatic carbocycles. The lowest BCUT2D eigenvalue weighted by Gasteiger charge is -2.21. The van der Waals surface area contributed by atoms with Gasteiger partial charge in [0.1, 0.15) is 4.90 Å². The first-order chi connectivity index (χ1) is 15.8. The van der Waals surface area contributed by atoms with E-state index in [2.05, 4.69) is 10.3 Å². The predicted molar refractivity (Wildman–Crippen MR) is 127 cm³/mol. The fraction of sp³-hybridized carbons (Fsp3) is 0.318. The molecule has 0 spiro atoms. The second-order valence-corrected chi connectivity index (χ2v) is 10.9. The molecule has 1 amide bonds. The van der Waals surface area contributed by atoms with E-state index >= 15 is 0 Å². The molecule has 1 aliphatic rings. The Bertz CT molecular complexity index is 1250. The topological polar surface area (TPSA) is 106 Å². The standard InChI is InChI=1S/C22H22ClN3O5S2/c23-16-10-9-15(13-19(16)33(29,30)26-11-5-1-2-6-12-26)21(28)31-14-20(27)25-22-24-17-7-3-4-8-18(17)32-22/h3-4,7-10,13H,1-2,5-6,11-12,14H2,(H,24,25,27). The lowest BCUT2D eigenvalue weighted by atomic mass is 10.2. The van der Waals surface area contributed by atoms with Crippen molar-refractivity contribution < 1.29 is 22.7 Å². The molecule has 1 fully saturated rings. The summed E-state index contributed by atoms with van der Waals surface area (Å²) in [5, 5.41) is 3.03. The van der Waals surface area contributed by atoms with Crippen LogP contribution in [-0.4, -0.2) is 49.3 Å². The Labute approximate surface area is 200 Å². The van der Waals surface area contributed by atoms with Crippen LogP contribution in [0.5, 0.6) is 0 Å². The number of hydrogen-bond acceptors (Lipinski definition) is 7. The van der Waals surface area contributed by atoms with Crippen LogP contribution in [0.25, 0.3) is 10.2 Å². The smallest absolute Gasteiger partial charge is 0.338 e. The second-order valence-electron chi connectivity index (χ2n) is 7.57. The van der Waals surface area contributed by atoms with Crippen LogP contribution < -0.4 is 5.32 Å². The number of halogens is 1. The number of esters is 1. The highest BCUT2D eigenvalue weighted by Gasteiger charge is 2.28. The maximum Gasteiger partial charge on any atom is 0.338 e. The molecule has 0 saturated carbocycles. The van der Waals surface area contributed by atoms with Crippen LogP contribution in [0.15, 0.2) is 47.4 Å². The number of rotatable bonds is 6. The highest BCUT2D eigenvalue weighted by atomic mass is 35.5. The molecule has 4 rings (SSSR count). The van der Waals surface area contributed by atoms with Crippen molar-refractivity contribution in [3.8, 4) is 0 Å². The summed E-state index contributed by atoms with van der Waals surface area (Å²) in [6, 6.07) is 11.4. The molecule has 0 bridgehead atoms. The van der Waals surface area contributed by atoms with Gasteiger partial charge in [-0.25, -0.2) is 18.2 Å². The summed E-state index contributed by atoms with van der Waals surface area (Å²) in [6.45, 7) is 0.296. The Morgan fingerprint density at radius 2 is 1.82 bits per heavy atom. The van der Waals surface area contributed by atoms with Crippen molar-refractivity contribution in [2.45, 2.75) is 30.6 Å². The van der Waals surface area contributed by atoms with Crippen LogP contribution in [0.1, 0.15) is 36.0 Å². The number of fused-ring (bicyclic) bond motifs is 1. The second kappa shape index (κ2) is 10.2. The number of nitrogens with one attached hydrogen (secondary N) is 1. The van der Waals surface area contributed by atoms with Gasteiger partial charge in [0.05, 0.1) is 20.8 Å². The molecule has 0 radical (unpaired) electrons. The lowest BCUT2D eigenvalue weighted by molar-refractivity contribution is -0.119. The maximum atomic E-state index is 13.1. The molecule has 11 heteroatoms.